The molecular weight excluding hydrogens is 493 g/mol. The van der Waals surface area contributed by atoms with Gasteiger partial charge in [0.2, 0.25) is 5.95 Å². The summed E-state index contributed by atoms with van der Waals surface area (Å²) in [5.74, 6) is 0.419. The lowest BCUT2D eigenvalue weighted by molar-refractivity contribution is -0.137. The van der Waals surface area contributed by atoms with E-state index >= 15 is 0 Å². The fraction of sp³-hybridized carbons (Fsp3) is 0.478. The molecule has 4 heterocycles. The first-order chi connectivity index (χ1) is 17.1. The third-order valence-electron chi connectivity index (χ3n) is 5.45. The van der Waals surface area contributed by atoms with Gasteiger partial charge in [-0.15, -0.1) is 11.3 Å². The van der Waals surface area contributed by atoms with Crippen molar-refractivity contribution in [1.29, 1.82) is 0 Å². The number of rotatable bonds is 6. The molecule has 3 aromatic rings. The van der Waals surface area contributed by atoms with Gasteiger partial charge in [0.15, 0.2) is 5.13 Å². The Bertz CT molecular complexity index is 1130. The Hall–Kier alpha value is -3.03. The molecular formula is C23H31F3N8OS. The van der Waals surface area contributed by atoms with Gasteiger partial charge in [-0.2, -0.15) is 18.2 Å². The monoisotopic (exact) mass is 524 g/mol. The van der Waals surface area contributed by atoms with Gasteiger partial charge in [-0.05, 0) is 33.1 Å². The summed E-state index contributed by atoms with van der Waals surface area (Å²) in [7, 11) is 2.11. The normalized spacial score (nSPS) is 13.9. The van der Waals surface area contributed by atoms with E-state index < -0.39 is 11.7 Å². The molecule has 0 aromatic carbocycles. The first-order valence-corrected chi connectivity index (χ1v) is 12.4. The maximum Gasteiger partial charge on any atom is 0.417 e. The van der Waals surface area contributed by atoms with Crippen LogP contribution >= 0.6 is 11.3 Å². The summed E-state index contributed by atoms with van der Waals surface area (Å²) >= 11 is 1.37. The Morgan fingerprint density at radius 1 is 1.14 bits per heavy atom. The van der Waals surface area contributed by atoms with Crippen LogP contribution in [0.5, 0.6) is 0 Å². The van der Waals surface area contributed by atoms with Crippen molar-refractivity contribution in [2.45, 2.75) is 26.9 Å². The topological polar surface area (TPSA) is 105 Å². The highest BCUT2D eigenvalue weighted by atomic mass is 32.1. The molecule has 1 fully saturated rings. The Labute approximate surface area is 212 Å². The summed E-state index contributed by atoms with van der Waals surface area (Å²) in [5, 5.41) is 5.50. The molecule has 13 heteroatoms. The van der Waals surface area contributed by atoms with E-state index in [1.807, 2.05) is 17.2 Å². The van der Waals surface area contributed by atoms with Crippen molar-refractivity contribution in [3.05, 3.63) is 35.0 Å². The highest BCUT2D eigenvalue weighted by Gasteiger charge is 2.35. The van der Waals surface area contributed by atoms with Crippen molar-refractivity contribution in [3.63, 3.8) is 0 Å². The van der Waals surface area contributed by atoms with E-state index in [1.165, 1.54) is 17.4 Å². The molecule has 0 amide bonds. The summed E-state index contributed by atoms with van der Waals surface area (Å²) in [6.45, 7) is 10.5. The van der Waals surface area contributed by atoms with Crippen LogP contribution in [0, 0.1) is 6.92 Å². The second-order valence-electron chi connectivity index (χ2n) is 8.10. The second-order valence-corrected chi connectivity index (χ2v) is 8.96. The molecule has 36 heavy (non-hydrogen) atoms. The Morgan fingerprint density at radius 2 is 1.83 bits per heavy atom. The number of thiazole rings is 1. The zero-order valence-corrected chi connectivity index (χ0v) is 21.6. The van der Waals surface area contributed by atoms with Gasteiger partial charge >= 0.3 is 6.18 Å². The molecule has 3 aromatic heterocycles. The van der Waals surface area contributed by atoms with E-state index in [9.17, 15) is 13.2 Å². The van der Waals surface area contributed by atoms with Crippen molar-refractivity contribution in [1.82, 2.24) is 24.8 Å². The lowest BCUT2D eigenvalue weighted by Crippen LogP contribution is -2.37. The Kier molecular flexibility index (Phi) is 9.40. The third-order valence-corrected chi connectivity index (χ3v) is 6.32. The van der Waals surface area contributed by atoms with Crippen molar-refractivity contribution in [2.24, 2.45) is 0 Å². The molecule has 196 valence electrons. The van der Waals surface area contributed by atoms with E-state index in [0.717, 1.165) is 31.0 Å². The number of ether oxygens (including phenoxy) is 1. The lowest BCUT2D eigenvalue weighted by Gasteiger charge is -2.27. The Balaban J connectivity index is 0.000000538. The van der Waals surface area contributed by atoms with Crippen LogP contribution in [0.15, 0.2) is 23.7 Å². The number of morpholine rings is 1. The zero-order valence-electron chi connectivity index (χ0n) is 20.8. The fourth-order valence-corrected chi connectivity index (χ4v) is 3.89. The molecule has 1 aliphatic heterocycles. The number of nitrogens with zero attached hydrogens (tertiary/aromatic N) is 6. The van der Waals surface area contributed by atoms with Gasteiger partial charge in [0, 0.05) is 36.3 Å². The molecule has 0 aliphatic carbocycles. The zero-order chi connectivity index (χ0) is 26.3. The average Bonchev–Trinajstić information content (AvgIpc) is 3.27. The summed E-state index contributed by atoms with van der Waals surface area (Å²) < 4.78 is 46.3. The van der Waals surface area contributed by atoms with Gasteiger partial charge < -0.3 is 25.6 Å². The molecule has 3 N–H and O–H groups in total. The van der Waals surface area contributed by atoms with Crippen LogP contribution < -0.4 is 16.0 Å². The number of nitrogens with one attached hydrogen (secondary N) is 1. The van der Waals surface area contributed by atoms with E-state index in [2.05, 4.69) is 51.0 Å². The largest absolute Gasteiger partial charge is 0.417 e. The van der Waals surface area contributed by atoms with Crippen molar-refractivity contribution in [2.75, 3.05) is 62.4 Å². The standard InChI is InChI=1S/C18H18F3N7OS.C5H13N/c1-10-9-30-17(24-10)27-15-7-13(25-16(26-15)28-2-4-29-5-3-28)11-8-23-14(22)6-12(11)18(19,20)21;1-4-6(3)5-2/h6-9H,2-5H2,1H3,(H2,22,23)(H,24,25,26,27);4-5H2,1-3H3. The lowest BCUT2D eigenvalue weighted by atomic mass is 10.1. The number of hydrogen-bond acceptors (Lipinski definition) is 10. The number of nitrogen functional groups attached to an aromatic ring is 1. The minimum Gasteiger partial charge on any atom is -0.384 e. The minimum absolute atomic E-state index is 0.0853. The molecule has 0 bridgehead atoms. The van der Waals surface area contributed by atoms with E-state index in [-0.39, 0.29) is 17.1 Å². The summed E-state index contributed by atoms with van der Waals surface area (Å²) in [6.07, 6.45) is -3.53. The van der Waals surface area contributed by atoms with Crippen LogP contribution in [0.3, 0.4) is 0 Å². The molecule has 1 saturated heterocycles. The van der Waals surface area contributed by atoms with Gasteiger partial charge in [-0.3, -0.25) is 0 Å². The molecule has 9 nitrogen and oxygen atoms in total. The van der Waals surface area contributed by atoms with Crippen LogP contribution in [0.1, 0.15) is 25.1 Å². The second kappa shape index (κ2) is 12.3. The van der Waals surface area contributed by atoms with Gasteiger partial charge in [-0.1, -0.05) is 13.8 Å². The quantitative estimate of drug-likeness (QED) is 0.484. The molecule has 0 unspecified atom stereocenters. The summed E-state index contributed by atoms with van der Waals surface area (Å²) in [5.41, 5.74) is 5.33. The number of hydrogen-bond donors (Lipinski definition) is 2. The van der Waals surface area contributed by atoms with Crippen molar-refractivity contribution < 1.29 is 17.9 Å². The van der Waals surface area contributed by atoms with Gasteiger partial charge in [0.1, 0.15) is 11.6 Å². The molecule has 0 spiro atoms. The van der Waals surface area contributed by atoms with E-state index in [4.69, 9.17) is 10.5 Å². The van der Waals surface area contributed by atoms with Gasteiger partial charge in [0.05, 0.1) is 30.2 Å². The predicted octanol–water partition coefficient (Wildman–Crippen LogP) is 4.44. The average molecular weight is 525 g/mol. The van der Waals surface area contributed by atoms with Gasteiger partial charge in [0.25, 0.3) is 0 Å². The number of pyridine rings is 1. The summed E-state index contributed by atoms with van der Waals surface area (Å²) in [4.78, 5) is 21.2. The van der Waals surface area contributed by atoms with Crippen LogP contribution in [0.25, 0.3) is 11.3 Å². The number of aromatic nitrogens is 4. The SMILES string of the molecule is CCN(C)CC.Cc1csc(Nc2cc(-c3cnc(N)cc3C(F)(F)F)nc(N3CCOCC3)n2)n1. The molecule has 0 saturated carbocycles. The van der Waals surface area contributed by atoms with Crippen molar-refractivity contribution in [3.8, 4) is 11.3 Å². The number of halogens is 3. The minimum atomic E-state index is -4.61. The third kappa shape index (κ3) is 7.48. The first-order valence-electron chi connectivity index (χ1n) is 11.5. The number of anilines is 4. The van der Waals surface area contributed by atoms with Gasteiger partial charge in [-0.25, -0.2) is 15.0 Å². The number of alkyl halides is 3. The van der Waals surface area contributed by atoms with Crippen molar-refractivity contribution >= 4 is 34.1 Å². The highest BCUT2D eigenvalue weighted by Crippen LogP contribution is 2.38. The van der Waals surface area contributed by atoms with E-state index in [0.29, 0.717) is 43.2 Å². The maximum atomic E-state index is 13.6. The number of nitrogens with two attached hydrogens (primary N) is 1. The molecule has 0 atom stereocenters. The smallest absolute Gasteiger partial charge is 0.384 e. The van der Waals surface area contributed by atoms with Crippen LogP contribution in [-0.2, 0) is 10.9 Å². The molecule has 1 aliphatic rings. The highest BCUT2D eigenvalue weighted by molar-refractivity contribution is 7.13. The molecule has 4 rings (SSSR count). The van der Waals surface area contributed by atoms with Crippen LogP contribution in [0.4, 0.5) is 35.9 Å². The molecule has 0 radical (unpaired) electrons. The first kappa shape index (κ1) is 27.6. The van der Waals surface area contributed by atoms with E-state index in [1.54, 1.807) is 0 Å². The van der Waals surface area contributed by atoms with Crippen LogP contribution in [0.2, 0.25) is 0 Å². The predicted molar refractivity (Wildman–Crippen MR) is 137 cm³/mol. The van der Waals surface area contributed by atoms with Crippen LogP contribution in [-0.4, -0.2) is 71.3 Å². The Morgan fingerprint density at radius 3 is 2.39 bits per heavy atom. The fourth-order valence-electron chi connectivity index (χ4n) is 3.20. The number of aryl methyl sites for hydroxylation is 1. The summed E-state index contributed by atoms with van der Waals surface area (Å²) in [6, 6.07) is 2.26. The maximum absolute atomic E-state index is 13.6.